The Labute approximate surface area is 127 Å². The van der Waals surface area contributed by atoms with Crippen LogP contribution in [-0.2, 0) is 0 Å². The SMILES string of the molecule is Cc1cc(C(=O)Nc2ccc(F)cc2C#CCN)sc1C. The second-order valence-corrected chi connectivity index (χ2v) is 5.76. The molecule has 0 radical (unpaired) electrons. The smallest absolute Gasteiger partial charge is 0.265 e. The summed E-state index contributed by atoms with van der Waals surface area (Å²) in [6, 6.07) is 5.91. The Morgan fingerprint density at radius 1 is 1.38 bits per heavy atom. The monoisotopic (exact) mass is 302 g/mol. The molecule has 0 saturated heterocycles. The summed E-state index contributed by atoms with van der Waals surface area (Å²) in [5, 5.41) is 2.76. The number of benzene rings is 1. The van der Waals surface area contributed by atoms with Gasteiger partial charge in [0.15, 0.2) is 0 Å². The minimum absolute atomic E-state index is 0.174. The highest BCUT2D eigenvalue weighted by Gasteiger charge is 2.12. The van der Waals surface area contributed by atoms with E-state index in [1.165, 1.54) is 29.5 Å². The van der Waals surface area contributed by atoms with Crippen molar-refractivity contribution in [1.29, 1.82) is 0 Å². The van der Waals surface area contributed by atoms with Gasteiger partial charge in [-0.1, -0.05) is 11.8 Å². The number of halogens is 1. The quantitative estimate of drug-likeness (QED) is 0.838. The number of hydrogen-bond donors (Lipinski definition) is 2. The first kappa shape index (κ1) is 15.2. The van der Waals surface area contributed by atoms with Crippen LogP contribution in [0.2, 0.25) is 0 Å². The highest BCUT2D eigenvalue weighted by molar-refractivity contribution is 7.14. The minimum atomic E-state index is -0.405. The standard InChI is InChI=1S/C16H15FN2OS/c1-10-8-15(21-11(10)2)16(20)19-14-6-5-13(17)9-12(14)4-3-7-18/h5-6,8-9H,7,18H2,1-2H3,(H,19,20). The molecule has 0 saturated carbocycles. The summed E-state index contributed by atoms with van der Waals surface area (Å²) in [7, 11) is 0. The van der Waals surface area contributed by atoms with Gasteiger partial charge in [0.1, 0.15) is 5.82 Å². The zero-order chi connectivity index (χ0) is 15.4. The van der Waals surface area contributed by atoms with Crippen LogP contribution < -0.4 is 11.1 Å². The van der Waals surface area contributed by atoms with Gasteiger partial charge >= 0.3 is 0 Å². The summed E-state index contributed by atoms with van der Waals surface area (Å²) in [6.07, 6.45) is 0. The van der Waals surface area contributed by atoms with Crippen molar-refractivity contribution >= 4 is 22.9 Å². The lowest BCUT2D eigenvalue weighted by atomic mass is 10.1. The van der Waals surface area contributed by atoms with Gasteiger partial charge in [-0.15, -0.1) is 11.3 Å². The fourth-order valence-electron chi connectivity index (χ4n) is 1.74. The Kier molecular flexibility index (Phi) is 4.73. The second kappa shape index (κ2) is 6.53. The molecule has 1 heterocycles. The predicted octanol–water partition coefficient (Wildman–Crippen LogP) is 3.07. The number of carbonyl (C=O) groups excluding carboxylic acids is 1. The zero-order valence-corrected chi connectivity index (χ0v) is 12.6. The fourth-order valence-corrected chi connectivity index (χ4v) is 2.67. The molecule has 5 heteroatoms. The lowest BCUT2D eigenvalue weighted by molar-refractivity contribution is 0.103. The molecule has 0 unspecified atom stereocenters. The minimum Gasteiger partial charge on any atom is -0.320 e. The molecular formula is C16H15FN2OS. The van der Waals surface area contributed by atoms with Crippen LogP contribution in [0.1, 0.15) is 25.7 Å². The summed E-state index contributed by atoms with van der Waals surface area (Å²) < 4.78 is 13.3. The molecule has 2 aromatic rings. The molecule has 3 nitrogen and oxygen atoms in total. The van der Waals surface area contributed by atoms with Crippen molar-refractivity contribution in [2.24, 2.45) is 5.73 Å². The third kappa shape index (κ3) is 3.69. The maximum Gasteiger partial charge on any atom is 0.265 e. The number of thiophene rings is 1. The second-order valence-electron chi connectivity index (χ2n) is 4.50. The summed E-state index contributed by atoms with van der Waals surface area (Å²) in [5.74, 6) is 4.79. The van der Waals surface area contributed by atoms with Crippen LogP contribution in [-0.4, -0.2) is 12.5 Å². The molecule has 108 valence electrons. The molecule has 0 spiro atoms. The van der Waals surface area contributed by atoms with Gasteiger partial charge in [-0.25, -0.2) is 4.39 Å². The maximum absolute atomic E-state index is 13.3. The van der Waals surface area contributed by atoms with Crippen molar-refractivity contribution in [2.45, 2.75) is 13.8 Å². The Morgan fingerprint density at radius 3 is 2.76 bits per heavy atom. The molecule has 1 aromatic heterocycles. The van der Waals surface area contributed by atoms with E-state index in [2.05, 4.69) is 17.2 Å². The molecule has 0 aliphatic heterocycles. The number of aryl methyl sites for hydroxylation is 2. The van der Waals surface area contributed by atoms with E-state index in [9.17, 15) is 9.18 Å². The van der Waals surface area contributed by atoms with Crippen molar-refractivity contribution in [2.75, 3.05) is 11.9 Å². The molecule has 0 bridgehead atoms. The summed E-state index contributed by atoms with van der Waals surface area (Å²) in [4.78, 5) is 13.9. The van der Waals surface area contributed by atoms with Gasteiger partial charge in [-0.2, -0.15) is 0 Å². The van der Waals surface area contributed by atoms with E-state index in [-0.39, 0.29) is 12.5 Å². The Hall–Kier alpha value is -2.16. The van der Waals surface area contributed by atoms with Gasteiger partial charge in [0, 0.05) is 4.88 Å². The molecule has 0 fully saturated rings. The molecule has 0 aliphatic carbocycles. The third-order valence-corrected chi connectivity index (χ3v) is 4.10. The van der Waals surface area contributed by atoms with E-state index >= 15 is 0 Å². The van der Waals surface area contributed by atoms with E-state index in [0.29, 0.717) is 16.1 Å². The molecule has 3 N–H and O–H groups in total. The number of rotatable bonds is 2. The predicted molar refractivity (Wildman–Crippen MR) is 84.1 cm³/mol. The third-order valence-electron chi connectivity index (χ3n) is 2.94. The van der Waals surface area contributed by atoms with Crippen molar-refractivity contribution in [3.63, 3.8) is 0 Å². The number of anilines is 1. The molecule has 2 rings (SSSR count). The maximum atomic E-state index is 13.3. The van der Waals surface area contributed by atoms with Gasteiger partial charge in [-0.05, 0) is 43.7 Å². The first-order valence-electron chi connectivity index (χ1n) is 6.38. The van der Waals surface area contributed by atoms with Crippen LogP contribution >= 0.6 is 11.3 Å². The van der Waals surface area contributed by atoms with Crippen LogP contribution in [0.4, 0.5) is 10.1 Å². The van der Waals surface area contributed by atoms with Crippen LogP contribution in [0.5, 0.6) is 0 Å². The van der Waals surface area contributed by atoms with Crippen LogP contribution in [0.15, 0.2) is 24.3 Å². The lowest BCUT2D eigenvalue weighted by Gasteiger charge is -2.06. The molecule has 1 amide bonds. The Morgan fingerprint density at radius 2 is 2.14 bits per heavy atom. The number of nitrogens with two attached hydrogens (primary N) is 1. The Balaban J connectivity index is 2.28. The highest BCUT2D eigenvalue weighted by Crippen LogP contribution is 2.23. The van der Waals surface area contributed by atoms with Crippen molar-refractivity contribution in [3.05, 3.63) is 51.0 Å². The van der Waals surface area contributed by atoms with Crippen LogP contribution in [0.3, 0.4) is 0 Å². The van der Waals surface area contributed by atoms with E-state index in [1.54, 1.807) is 0 Å². The molecule has 0 atom stereocenters. The Bertz CT molecular complexity index is 721. The largest absolute Gasteiger partial charge is 0.320 e. The molecule has 21 heavy (non-hydrogen) atoms. The normalized spacial score (nSPS) is 9.90. The summed E-state index contributed by atoms with van der Waals surface area (Å²) in [6.45, 7) is 4.10. The topological polar surface area (TPSA) is 55.1 Å². The fraction of sp³-hybridized carbons (Fsp3) is 0.188. The van der Waals surface area contributed by atoms with Crippen LogP contribution in [0, 0.1) is 31.5 Å². The van der Waals surface area contributed by atoms with Gasteiger partial charge in [-0.3, -0.25) is 4.79 Å². The van der Waals surface area contributed by atoms with E-state index in [1.807, 2.05) is 19.9 Å². The average Bonchev–Trinajstić information content (AvgIpc) is 2.79. The first-order valence-corrected chi connectivity index (χ1v) is 7.20. The summed E-state index contributed by atoms with van der Waals surface area (Å²) in [5.41, 5.74) is 7.29. The number of hydrogen-bond acceptors (Lipinski definition) is 3. The van der Waals surface area contributed by atoms with Gasteiger partial charge in [0.05, 0.1) is 22.7 Å². The number of nitrogens with one attached hydrogen (secondary N) is 1. The van der Waals surface area contributed by atoms with Gasteiger partial charge < -0.3 is 11.1 Å². The van der Waals surface area contributed by atoms with E-state index in [0.717, 1.165) is 10.4 Å². The van der Waals surface area contributed by atoms with E-state index < -0.39 is 5.82 Å². The molecular weight excluding hydrogens is 287 g/mol. The van der Waals surface area contributed by atoms with Gasteiger partial charge in [0.2, 0.25) is 0 Å². The van der Waals surface area contributed by atoms with Crippen molar-refractivity contribution < 1.29 is 9.18 Å². The average molecular weight is 302 g/mol. The molecule has 0 aliphatic rings. The number of carbonyl (C=O) groups is 1. The lowest BCUT2D eigenvalue weighted by Crippen LogP contribution is -2.11. The number of amides is 1. The first-order chi connectivity index (χ1) is 10.0. The van der Waals surface area contributed by atoms with Crippen LogP contribution in [0.25, 0.3) is 0 Å². The zero-order valence-electron chi connectivity index (χ0n) is 11.8. The van der Waals surface area contributed by atoms with Crippen molar-refractivity contribution in [1.82, 2.24) is 0 Å². The highest BCUT2D eigenvalue weighted by atomic mass is 32.1. The van der Waals surface area contributed by atoms with Crippen molar-refractivity contribution in [3.8, 4) is 11.8 Å². The summed E-state index contributed by atoms with van der Waals surface area (Å²) >= 11 is 1.43. The van der Waals surface area contributed by atoms with Gasteiger partial charge in [0.25, 0.3) is 5.91 Å². The molecule has 1 aromatic carbocycles. The van der Waals surface area contributed by atoms with E-state index in [4.69, 9.17) is 5.73 Å².